The van der Waals surface area contributed by atoms with E-state index in [0.717, 1.165) is 25.9 Å². The molecular formula is C22H29N7O2. The number of carbonyl (C=O) groups excluding carboxylic acids is 1. The van der Waals surface area contributed by atoms with Gasteiger partial charge in [0, 0.05) is 24.3 Å². The predicted molar refractivity (Wildman–Crippen MR) is 118 cm³/mol. The van der Waals surface area contributed by atoms with Gasteiger partial charge in [0.25, 0.3) is 0 Å². The van der Waals surface area contributed by atoms with Gasteiger partial charge in [-0.25, -0.2) is 19.7 Å². The first kappa shape index (κ1) is 22.4. The van der Waals surface area contributed by atoms with Crippen LogP contribution in [-0.2, 0) is 4.74 Å². The van der Waals surface area contributed by atoms with E-state index in [-0.39, 0.29) is 11.7 Å². The molecule has 2 aromatic rings. The molecule has 31 heavy (non-hydrogen) atoms. The van der Waals surface area contributed by atoms with Crippen LogP contribution in [0.1, 0.15) is 55.6 Å². The summed E-state index contributed by atoms with van der Waals surface area (Å²) in [6.07, 6.45) is 8.92. The zero-order valence-corrected chi connectivity index (χ0v) is 18.3. The average Bonchev–Trinajstić information content (AvgIpc) is 3.20. The maximum atomic E-state index is 12.3. The molecule has 2 unspecified atom stereocenters. The van der Waals surface area contributed by atoms with Gasteiger partial charge < -0.3 is 20.3 Å². The molecule has 1 aliphatic heterocycles. The standard InChI is InChI=1S/C22H29N7O2/c1-4-7-29-8-5-6-17(29)9-15(2)27-19-10-20(26-13-18(19)22(30)31-3)28-21-14-24-16(11-23)12-25-21/h10,12-15,17H,4-9H2,1-3H3,(H2,25,26,27,28). The van der Waals surface area contributed by atoms with E-state index in [0.29, 0.717) is 28.9 Å². The van der Waals surface area contributed by atoms with Crippen molar-refractivity contribution in [1.29, 1.82) is 5.26 Å². The van der Waals surface area contributed by atoms with Crippen molar-refractivity contribution in [2.45, 2.75) is 51.6 Å². The summed E-state index contributed by atoms with van der Waals surface area (Å²) >= 11 is 0. The first-order valence-corrected chi connectivity index (χ1v) is 10.6. The van der Waals surface area contributed by atoms with Gasteiger partial charge in [-0.3, -0.25) is 0 Å². The number of esters is 1. The van der Waals surface area contributed by atoms with Crippen LogP contribution in [-0.4, -0.2) is 58.1 Å². The third-order valence-corrected chi connectivity index (χ3v) is 5.37. The summed E-state index contributed by atoms with van der Waals surface area (Å²) < 4.78 is 4.92. The lowest BCUT2D eigenvalue weighted by Gasteiger charge is -2.27. The van der Waals surface area contributed by atoms with Gasteiger partial charge in [-0.1, -0.05) is 6.92 Å². The van der Waals surface area contributed by atoms with Gasteiger partial charge in [0.2, 0.25) is 0 Å². The molecule has 1 aliphatic rings. The quantitative estimate of drug-likeness (QED) is 0.586. The largest absolute Gasteiger partial charge is 0.465 e. The molecule has 0 aliphatic carbocycles. The van der Waals surface area contributed by atoms with Crippen molar-refractivity contribution in [3.63, 3.8) is 0 Å². The van der Waals surface area contributed by atoms with Gasteiger partial charge in [0.05, 0.1) is 25.2 Å². The summed E-state index contributed by atoms with van der Waals surface area (Å²) in [7, 11) is 1.36. The molecule has 1 fully saturated rings. The minimum Gasteiger partial charge on any atom is -0.465 e. The second-order valence-corrected chi connectivity index (χ2v) is 7.74. The molecule has 0 spiro atoms. The topological polar surface area (TPSA) is 116 Å². The van der Waals surface area contributed by atoms with Crippen LogP contribution in [0.3, 0.4) is 0 Å². The van der Waals surface area contributed by atoms with Crippen molar-refractivity contribution in [3.8, 4) is 6.07 Å². The Hall–Kier alpha value is -3.25. The Kier molecular flexibility index (Phi) is 7.73. The lowest BCUT2D eigenvalue weighted by atomic mass is 10.0. The second-order valence-electron chi connectivity index (χ2n) is 7.74. The van der Waals surface area contributed by atoms with Gasteiger partial charge in [0.15, 0.2) is 5.69 Å². The fraction of sp³-hybridized carbons (Fsp3) is 0.500. The first-order chi connectivity index (χ1) is 15.0. The Balaban J connectivity index is 1.75. The number of nitrogens with zero attached hydrogens (tertiary/aromatic N) is 5. The smallest absolute Gasteiger partial charge is 0.341 e. The van der Waals surface area contributed by atoms with Gasteiger partial charge in [-0.05, 0) is 45.7 Å². The van der Waals surface area contributed by atoms with E-state index >= 15 is 0 Å². The average molecular weight is 424 g/mol. The third-order valence-electron chi connectivity index (χ3n) is 5.37. The molecule has 3 rings (SSSR count). The molecule has 164 valence electrons. The monoisotopic (exact) mass is 423 g/mol. The van der Waals surface area contributed by atoms with Crippen LogP contribution in [0.2, 0.25) is 0 Å². The number of anilines is 3. The lowest BCUT2D eigenvalue weighted by molar-refractivity contribution is 0.0601. The minimum atomic E-state index is -0.444. The highest BCUT2D eigenvalue weighted by Gasteiger charge is 2.26. The number of carbonyl (C=O) groups is 1. The van der Waals surface area contributed by atoms with Crippen molar-refractivity contribution < 1.29 is 9.53 Å². The van der Waals surface area contributed by atoms with E-state index in [1.165, 1.54) is 38.5 Å². The summed E-state index contributed by atoms with van der Waals surface area (Å²) in [5, 5.41) is 15.4. The maximum absolute atomic E-state index is 12.3. The van der Waals surface area contributed by atoms with E-state index in [1.807, 2.05) is 6.07 Å². The van der Waals surface area contributed by atoms with E-state index in [4.69, 9.17) is 10.00 Å². The number of pyridine rings is 1. The van der Waals surface area contributed by atoms with Crippen molar-refractivity contribution in [2.75, 3.05) is 30.8 Å². The van der Waals surface area contributed by atoms with Crippen molar-refractivity contribution in [2.24, 2.45) is 0 Å². The normalized spacial score (nSPS) is 17.0. The van der Waals surface area contributed by atoms with Crippen LogP contribution in [0.5, 0.6) is 0 Å². The van der Waals surface area contributed by atoms with Crippen molar-refractivity contribution in [3.05, 3.63) is 35.9 Å². The van der Waals surface area contributed by atoms with Gasteiger partial charge in [-0.15, -0.1) is 0 Å². The predicted octanol–water partition coefficient (Wildman–Crippen LogP) is 3.34. The van der Waals surface area contributed by atoms with Gasteiger partial charge in [-0.2, -0.15) is 5.26 Å². The zero-order chi connectivity index (χ0) is 22.2. The highest BCUT2D eigenvalue weighted by atomic mass is 16.5. The fourth-order valence-electron chi connectivity index (χ4n) is 3.97. The number of hydrogen-bond acceptors (Lipinski definition) is 9. The molecule has 1 saturated heterocycles. The number of likely N-dealkylation sites (tertiary alicyclic amines) is 1. The van der Waals surface area contributed by atoms with Gasteiger partial charge in [0.1, 0.15) is 23.3 Å². The third kappa shape index (κ3) is 5.89. The van der Waals surface area contributed by atoms with Crippen LogP contribution in [0.4, 0.5) is 17.3 Å². The molecule has 0 saturated carbocycles. The number of ether oxygens (including phenoxy) is 1. The number of methoxy groups -OCH3 is 1. The Bertz CT molecular complexity index is 926. The van der Waals surface area contributed by atoms with E-state index in [2.05, 4.69) is 44.3 Å². The highest BCUT2D eigenvalue weighted by molar-refractivity contribution is 5.95. The molecule has 3 heterocycles. The Morgan fingerprint density at radius 2 is 2.13 bits per heavy atom. The zero-order valence-electron chi connectivity index (χ0n) is 18.3. The Labute approximate surface area is 182 Å². The summed E-state index contributed by atoms with van der Waals surface area (Å²) in [4.78, 5) is 27.3. The van der Waals surface area contributed by atoms with Crippen LogP contribution >= 0.6 is 0 Å². The van der Waals surface area contributed by atoms with Crippen molar-refractivity contribution in [1.82, 2.24) is 19.9 Å². The molecule has 0 amide bonds. The molecule has 9 heteroatoms. The maximum Gasteiger partial charge on any atom is 0.341 e. The van der Waals surface area contributed by atoms with E-state index in [1.54, 1.807) is 6.07 Å². The SMILES string of the molecule is CCCN1CCCC1CC(C)Nc1cc(Nc2cnc(C#N)cn2)ncc1C(=O)OC. The Morgan fingerprint density at radius 1 is 1.32 bits per heavy atom. The summed E-state index contributed by atoms with van der Waals surface area (Å²) in [6.45, 7) is 6.62. The summed E-state index contributed by atoms with van der Waals surface area (Å²) in [6, 6.07) is 4.41. The second kappa shape index (κ2) is 10.7. The van der Waals surface area contributed by atoms with Crippen molar-refractivity contribution >= 4 is 23.3 Å². The first-order valence-electron chi connectivity index (χ1n) is 10.6. The lowest BCUT2D eigenvalue weighted by Crippen LogP contribution is -2.34. The van der Waals surface area contributed by atoms with Gasteiger partial charge >= 0.3 is 5.97 Å². The molecule has 2 N–H and O–H groups in total. The number of rotatable bonds is 9. The number of aromatic nitrogens is 3. The molecule has 0 aromatic carbocycles. The molecular weight excluding hydrogens is 394 g/mol. The minimum absolute atomic E-state index is 0.163. The van der Waals surface area contributed by atoms with E-state index < -0.39 is 5.97 Å². The van der Waals surface area contributed by atoms with E-state index in [9.17, 15) is 4.79 Å². The molecule has 2 atom stereocenters. The molecule has 9 nitrogen and oxygen atoms in total. The van der Waals surface area contributed by atoms with Crippen LogP contribution in [0.25, 0.3) is 0 Å². The molecule has 0 radical (unpaired) electrons. The molecule has 0 bridgehead atoms. The van der Waals surface area contributed by atoms with Crippen LogP contribution in [0.15, 0.2) is 24.7 Å². The fourth-order valence-corrected chi connectivity index (χ4v) is 3.97. The summed E-state index contributed by atoms with van der Waals surface area (Å²) in [5.74, 6) is 0.521. The number of nitriles is 1. The number of nitrogens with one attached hydrogen (secondary N) is 2. The Morgan fingerprint density at radius 3 is 2.81 bits per heavy atom. The number of hydrogen-bond donors (Lipinski definition) is 2. The molecule has 2 aromatic heterocycles. The highest BCUT2D eigenvalue weighted by Crippen LogP contribution is 2.26. The summed E-state index contributed by atoms with van der Waals surface area (Å²) in [5.41, 5.74) is 1.26. The van der Waals surface area contributed by atoms with Crippen LogP contribution < -0.4 is 10.6 Å². The van der Waals surface area contributed by atoms with Crippen LogP contribution in [0, 0.1) is 11.3 Å².